The highest BCUT2D eigenvalue weighted by Crippen LogP contribution is 2.43. The lowest BCUT2D eigenvalue weighted by Crippen LogP contribution is -2.43. The highest BCUT2D eigenvalue weighted by Gasteiger charge is 2.49. The molecule has 21 heteroatoms. The lowest BCUT2D eigenvalue weighted by molar-refractivity contribution is -0.614. The van der Waals surface area contributed by atoms with Gasteiger partial charge in [0.05, 0.1) is 44.9 Å². The molecule has 4 aromatic heterocycles. The van der Waals surface area contributed by atoms with Crippen molar-refractivity contribution < 1.29 is 63.0 Å². The maximum absolute atomic E-state index is 14.2. The number of fused-ring (bicyclic) bond motifs is 4. The SMILES string of the molecule is COc1c(C)c(C)cc2c(-c3cc4cc(C)c(C)c(OC)c4c(C)n3)[n+]([O-])c(CO[Si](C)(C)C(C)(C)C)cc12.COc1c(C)c(C)cc2c[n+]([O-])c(CO[Si](C)(C)C(C)(C)C)cc12.COc1c(C)c(C)cc2cc(OS(=O)(=O)C(F)(F)F)nc(C)c12. The molecular formula is C65H85F3N4O11SSi2. The number of aryl methyl sites for hydroxylation is 6. The lowest BCUT2D eigenvalue weighted by atomic mass is 9.96. The van der Waals surface area contributed by atoms with Crippen LogP contribution in [0.4, 0.5) is 13.2 Å². The fraction of sp³-hybridized carbons (Fsp3) is 0.446. The first-order valence-corrected chi connectivity index (χ1v) is 35.4. The molecule has 86 heavy (non-hydrogen) atoms. The zero-order valence-electron chi connectivity index (χ0n) is 54.4. The van der Waals surface area contributed by atoms with Crippen molar-refractivity contribution >= 4 is 69.8 Å². The van der Waals surface area contributed by atoms with Gasteiger partial charge in [0.1, 0.15) is 41.9 Å². The summed E-state index contributed by atoms with van der Waals surface area (Å²) in [5.74, 6) is 2.32. The minimum absolute atomic E-state index is 0.0256. The number of alkyl halides is 3. The molecule has 0 aliphatic heterocycles. The van der Waals surface area contributed by atoms with Crippen LogP contribution in [0.2, 0.25) is 36.3 Å². The van der Waals surface area contributed by atoms with Crippen LogP contribution in [0.15, 0.2) is 54.7 Å². The number of nitrogens with zero attached hydrogens (tertiary/aromatic N) is 4. The molecule has 0 N–H and O–H groups in total. The lowest BCUT2D eigenvalue weighted by Gasteiger charge is -2.35. The summed E-state index contributed by atoms with van der Waals surface area (Å²) in [5.41, 5.74) is 6.12. The Kier molecular flexibility index (Phi) is 20.0. The van der Waals surface area contributed by atoms with Crippen molar-refractivity contribution in [3.63, 3.8) is 0 Å². The largest absolute Gasteiger partial charge is 0.618 e. The molecule has 0 spiro atoms. The minimum Gasteiger partial charge on any atom is -0.618 e. The number of ether oxygens (including phenoxy) is 4. The summed E-state index contributed by atoms with van der Waals surface area (Å²) >= 11 is 0. The zero-order valence-corrected chi connectivity index (χ0v) is 57.2. The number of methoxy groups -OCH3 is 4. The highest BCUT2D eigenvalue weighted by atomic mass is 32.2. The van der Waals surface area contributed by atoms with E-state index in [0.717, 1.165) is 115 Å². The summed E-state index contributed by atoms with van der Waals surface area (Å²) in [6.45, 7) is 42.0. The molecule has 466 valence electrons. The van der Waals surface area contributed by atoms with Gasteiger partial charge in [-0.05, 0) is 179 Å². The Hall–Kier alpha value is -6.79. The van der Waals surface area contributed by atoms with Gasteiger partial charge in [0.15, 0.2) is 22.8 Å². The molecule has 0 aliphatic rings. The maximum atomic E-state index is 14.2. The second kappa shape index (κ2) is 25.1. The molecule has 4 heterocycles. The average molecular weight is 1240 g/mol. The number of aromatic nitrogens is 4. The molecule has 15 nitrogen and oxygen atoms in total. The Morgan fingerprint density at radius 2 is 0.907 bits per heavy atom. The fourth-order valence-electron chi connectivity index (χ4n) is 9.70. The molecule has 0 amide bonds. The standard InChI is InChI=1S/C32H42N2O4Si.C19H29NO3Si.C14H14F3NO4S/c1-18-13-23-15-27(33-22(5)28(23)31(37-10)21(18)4)29-25-14-19(2)20(3)30(36-9)26(25)16-24(34(29)35)17-38-39(11,12)32(6,7)8;1-13-9-15-11-20(21)16(10-17(15)18(22-6)14(13)2)12-23-24(7,8)19(3,4)5;1-7-5-10-6-11(22-23(19,20)14(15,16)17)18-9(3)12(10)13(21-4)8(7)2/h13-16H,17H2,1-12H3;9-11H,12H2,1-8H3;5-6H,1-4H3. The Morgan fingerprint density at radius 3 is 1.36 bits per heavy atom. The van der Waals surface area contributed by atoms with Crippen LogP contribution in [0, 0.1) is 79.7 Å². The van der Waals surface area contributed by atoms with Crippen molar-refractivity contribution in [3.05, 3.63) is 132 Å². The number of rotatable bonds is 13. The number of hydrogen-bond acceptors (Lipinski definition) is 13. The summed E-state index contributed by atoms with van der Waals surface area (Å²) < 4.78 is 101. The molecule has 0 fully saturated rings. The van der Waals surface area contributed by atoms with Gasteiger partial charge in [0.2, 0.25) is 17.3 Å². The third-order valence-corrected chi connectivity index (χ3v) is 27.3. The Balaban J connectivity index is 0.000000218. The van der Waals surface area contributed by atoms with Crippen molar-refractivity contribution in [1.29, 1.82) is 0 Å². The molecule has 0 atom stereocenters. The van der Waals surface area contributed by atoms with Gasteiger partial charge >= 0.3 is 15.6 Å². The molecule has 0 bridgehead atoms. The summed E-state index contributed by atoms with van der Waals surface area (Å²) in [6, 6.07) is 14.9. The quantitative estimate of drug-likeness (QED) is 0.0350. The van der Waals surface area contributed by atoms with Gasteiger partial charge in [0, 0.05) is 45.4 Å². The predicted molar refractivity (Wildman–Crippen MR) is 341 cm³/mol. The van der Waals surface area contributed by atoms with Crippen LogP contribution < -0.4 is 32.6 Å². The van der Waals surface area contributed by atoms with Gasteiger partial charge in [-0.3, -0.25) is 0 Å². The average Bonchev–Trinajstić information content (AvgIpc) is 0.813. The van der Waals surface area contributed by atoms with E-state index in [1.807, 2.05) is 65.8 Å². The number of hydrogen-bond donors (Lipinski definition) is 0. The van der Waals surface area contributed by atoms with Crippen LogP contribution in [0.3, 0.4) is 0 Å². The molecule has 0 saturated heterocycles. The molecule has 0 aliphatic carbocycles. The van der Waals surface area contributed by atoms with E-state index in [-0.39, 0.29) is 16.7 Å². The van der Waals surface area contributed by atoms with Gasteiger partial charge in [0.25, 0.3) is 5.69 Å². The first-order valence-electron chi connectivity index (χ1n) is 28.2. The summed E-state index contributed by atoms with van der Waals surface area (Å²) in [7, 11) is -3.25. The Labute approximate surface area is 507 Å². The second-order valence-electron chi connectivity index (χ2n) is 25.2. The van der Waals surface area contributed by atoms with Crippen LogP contribution in [0.1, 0.15) is 109 Å². The van der Waals surface area contributed by atoms with E-state index in [9.17, 15) is 32.0 Å². The van der Waals surface area contributed by atoms with E-state index in [4.69, 9.17) is 32.8 Å². The van der Waals surface area contributed by atoms with Crippen LogP contribution in [0.5, 0.6) is 28.9 Å². The first-order chi connectivity index (χ1) is 39.6. The van der Waals surface area contributed by atoms with E-state index >= 15 is 0 Å². The van der Waals surface area contributed by atoms with Crippen molar-refractivity contribution in [2.45, 2.75) is 166 Å². The van der Waals surface area contributed by atoms with Crippen LogP contribution >= 0.6 is 0 Å². The maximum Gasteiger partial charge on any atom is 0.534 e. The molecule has 8 rings (SSSR count). The summed E-state index contributed by atoms with van der Waals surface area (Å²) in [6.07, 6.45) is 1.62. The second-order valence-corrected chi connectivity index (χ2v) is 36.3. The molecular weight excluding hydrogens is 1160 g/mol. The first kappa shape index (κ1) is 68.3. The third kappa shape index (κ3) is 13.7. The molecule has 0 radical (unpaired) electrons. The van der Waals surface area contributed by atoms with Crippen molar-refractivity contribution in [1.82, 2.24) is 9.97 Å². The highest BCUT2D eigenvalue weighted by molar-refractivity contribution is 7.88. The van der Waals surface area contributed by atoms with Gasteiger partial charge < -0.3 is 42.4 Å². The van der Waals surface area contributed by atoms with Gasteiger partial charge in [-0.1, -0.05) is 53.7 Å². The smallest absolute Gasteiger partial charge is 0.534 e. The van der Waals surface area contributed by atoms with Crippen LogP contribution in [-0.4, -0.2) is 69.0 Å². The van der Waals surface area contributed by atoms with Crippen molar-refractivity contribution in [2.24, 2.45) is 0 Å². The molecule has 4 aromatic carbocycles. The van der Waals surface area contributed by atoms with E-state index in [0.29, 0.717) is 51.6 Å². The van der Waals surface area contributed by atoms with Gasteiger partial charge in [-0.25, -0.2) is 9.97 Å². The van der Waals surface area contributed by atoms with Crippen LogP contribution in [-0.2, 0) is 32.2 Å². The summed E-state index contributed by atoms with van der Waals surface area (Å²) in [4.78, 5) is 8.78. The van der Waals surface area contributed by atoms with E-state index in [1.165, 1.54) is 14.0 Å². The topological polar surface area (TPSA) is 178 Å². The Bertz CT molecular complexity index is 4050. The van der Waals surface area contributed by atoms with E-state index in [2.05, 4.69) is 103 Å². The third-order valence-electron chi connectivity index (χ3n) is 17.4. The number of benzene rings is 4. The number of pyridine rings is 4. The van der Waals surface area contributed by atoms with Gasteiger partial charge in [-0.15, -0.1) is 0 Å². The van der Waals surface area contributed by atoms with E-state index < -0.39 is 38.1 Å². The predicted octanol–water partition coefficient (Wildman–Crippen LogP) is 15.8. The van der Waals surface area contributed by atoms with Crippen molar-refractivity contribution in [3.8, 4) is 40.3 Å². The molecule has 8 aromatic rings. The van der Waals surface area contributed by atoms with E-state index in [1.54, 1.807) is 40.5 Å². The van der Waals surface area contributed by atoms with Crippen molar-refractivity contribution in [2.75, 3.05) is 28.4 Å². The summed E-state index contributed by atoms with van der Waals surface area (Å²) in [5, 5.41) is 33.3. The normalized spacial score (nSPS) is 12.5. The fourth-order valence-corrected chi connectivity index (χ4v) is 12.0. The zero-order chi connectivity index (χ0) is 64.9. The number of halogens is 3. The van der Waals surface area contributed by atoms with Gasteiger partial charge in [-0.2, -0.15) is 31.0 Å². The monoisotopic (exact) mass is 1240 g/mol. The molecule has 0 unspecified atom stereocenters. The van der Waals surface area contributed by atoms with Crippen LogP contribution in [0.25, 0.3) is 54.5 Å². The Morgan fingerprint density at radius 1 is 0.512 bits per heavy atom. The molecule has 0 saturated carbocycles. The minimum atomic E-state index is -5.76.